The van der Waals surface area contributed by atoms with Crippen molar-refractivity contribution in [3.05, 3.63) is 84.4 Å². The van der Waals surface area contributed by atoms with Gasteiger partial charge in [0.25, 0.3) is 0 Å². The Balaban J connectivity index is 1.81. The van der Waals surface area contributed by atoms with Crippen LogP contribution in [0.4, 0.5) is 0 Å². The van der Waals surface area contributed by atoms with Gasteiger partial charge in [0.15, 0.2) is 11.5 Å². The predicted molar refractivity (Wildman–Crippen MR) is 126 cm³/mol. The van der Waals surface area contributed by atoms with Gasteiger partial charge >= 0.3 is 5.97 Å². The zero-order valence-electron chi connectivity index (χ0n) is 18.5. The number of aliphatic hydroxyl groups is 1. The van der Waals surface area contributed by atoms with Crippen molar-refractivity contribution in [2.75, 3.05) is 26.4 Å². The molecule has 0 aliphatic heterocycles. The van der Waals surface area contributed by atoms with E-state index in [0.717, 1.165) is 22.3 Å². The number of carbonyl (C=O) groups is 1. The molecular weight excluding hydrogens is 404 g/mol. The number of aliphatic hydroxyl groups excluding tert-OH is 1. The molecule has 0 radical (unpaired) electrons. The largest absolute Gasteiger partial charge is 0.487 e. The molecule has 0 heterocycles. The maximum atomic E-state index is 11.5. The molecule has 3 rings (SSSR count). The van der Waals surface area contributed by atoms with Gasteiger partial charge in [-0.05, 0) is 53.8 Å². The first-order chi connectivity index (χ1) is 15.5. The number of esters is 1. The molecule has 3 aromatic rings. The summed E-state index contributed by atoms with van der Waals surface area (Å²) in [5.74, 6) is 0.592. The van der Waals surface area contributed by atoms with Gasteiger partial charge in [-0.2, -0.15) is 0 Å². The van der Waals surface area contributed by atoms with E-state index in [4.69, 9.17) is 19.3 Å². The monoisotopic (exact) mass is 432 g/mol. The first-order valence-electron chi connectivity index (χ1n) is 10.5. The first-order valence-corrected chi connectivity index (χ1v) is 10.5. The molecule has 0 bridgehead atoms. The highest BCUT2D eigenvalue weighted by Gasteiger charge is 2.11. The molecule has 3 aromatic carbocycles. The van der Waals surface area contributed by atoms with Crippen LogP contribution in [0.3, 0.4) is 0 Å². The van der Waals surface area contributed by atoms with E-state index in [0.29, 0.717) is 17.1 Å². The fourth-order valence-corrected chi connectivity index (χ4v) is 3.27. The van der Waals surface area contributed by atoms with Crippen molar-refractivity contribution in [2.24, 2.45) is 0 Å². The summed E-state index contributed by atoms with van der Waals surface area (Å²) in [4.78, 5) is 11.5. The van der Waals surface area contributed by atoms with E-state index in [2.05, 4.69) is 43.8 Å². The Hall–Kier alpha value is -3.57. The molecule has 0 spiro atoms. The third-order valence-electron chi connectivity index (χ3n) is 4.86. The van der Waals surface area contributed by atoms with Crippen molar-refractivity contribution in [2.45, 2.75) is 13.8 Å². The Morgan fingerprint density at radius 3 is 2.25 bits per heavy atom. The number of hydrogen-bond acceptors (Lipinski definition) is 5. The normalized spacial score (nSPS) is 10.5. The highest BCUT2D eigenvalue weighted by Crippen LogP contribution is 2.35. The van der Waals surface area contributed by atoms with Gasteiger partial charge in [-0.25, -0.2) is 4.79 Å². The SMILES string of the molecule is C=C(C)C(=O)OCCOc1cc(-c2ccc(-c3ccccc3)cc2C)ccc1OCCO. The summed E-state index contributed by atoms with van der Waals surface area (Å²) in [6.07, 6.45) is 0. The van der Waals surface area contributed by atoms with Crippen molar-refractivity contribution < 1.29 is 24.1 Å². The van der Waals surface area contributed by atoms with Crippen LogP contribution in [0.5, 0.6) is 11.5 Å². The summed E-state index contributed by atoms with van der Waals surface area (Å²) in [6.45, 7) is 7.56. The third kappa shape index (κ3) is 5.99. The van der Waals surface area contributed by atoms with Crippen LogP contribution in [-0.4, -0.2) is 37.5 Å². The fourth-order valence-electron chi connectivity index (χ4n) is 3.27. The third-order valence-corrected chi connectivity index (χ3v) is 4.86. The lowest BCUT2D eigenvalue weighted by Crippen LogP contribution is -2.13. The smallest absolute Gasteiger partial charge is 0.333 e. The van der Waals surface area contributed by atoms with Crippen molar-refractivity contribution in [1.82, 2.24) is 0 Å². The van der Waals surface area contributed by atoms with Gasteiger partial charge in [0.05, 0.1) is 6.61 Å². The second-order valence-electron chi connectivity index (χ2n) is 7.39. The minimum absolute atomic E-state index is 0.0974. The Morgan fingerprint density at radius 2 is 1.56 bits per heavy atom. The predicted octanol–water partition coefficient (Wildman–Crippen LogP) is 5.20. The van der Waals surface area contributed by atoms with Gasteiger partial charge in [-0.3, -0.25) is 0 Å². The Kier molecular flexibility index (Phi) is 8.06. The van der Waals surface area contributed by atoms with Crippen LogP contribution in [0.1, 0.15) is 12.5 Å². The van der Waals surface area contributed by atoms with E-state index in [1.165, 1.54) is 5.56 Å². The molecule has 0 unspecified atom stereocenters. The summed E-state index contributed by atoms with van der Waals surface area (Å²) < 4.78 is 16.5. The molecule has 1 N–H and O–H groups in total. The van der Waals surface area contributed by atoms with Gasteiger partial charge in [0.2, 0.25) is 0 Å². The number of carbonyl (C=O) groups excluding carboxylic acids is 1. The molecule has 0 saturated carbocycles. The van der Waals surface area contributed by atoms with Gasteiger partial charge in [0.1, 0.15) is 19.8 Å². The van der Waals surface area contributed by atoms with Gasteiger partial charge in [-0.15, -0.1) is 0 Å². The van der Waals surface area contributed by atoms with E-state index in [-0.39, 0.29) is 26.4 Å². The van der Waals surface area contributed by atoms with E-state index < -0.39 is 5.97 Å². The minimum Gasteiger partial charge on any atom is -0.487 e. The van der Waals surface area contributed by atoms with E-state index in [1.54, 1.807) is 6.92 Å². The average molecular weight is 433 g/mol. The second kappa shape index (κ2) is 11.2. The number of benzene rings is 3. The molecule has 0 aliphatic carbocycles. The summed E-state index contributed by atoms with van der Waals surface area (Å²) in [5.41, 5.74) is 5.86. The zero-order valence-corrected chi connectivity index (χ0v) is 18.5. The minimum atomic E-state index is -0.451. The summed E-state index contributed by atoms with van der Waals surface area (Å²) in [6, 6.07) is 22.3. The zero-order chi connectivity index (χ0) is 22.9. The number of rotatable bonds is 10. The molecule has 0 atom stereocenters. The van der Waals surface area contributed by atoms with Crippen molar-refractivity contribution in [3.8, 4) is 33.8 Å². The second-order valence-corrected chi connectivity index (χ2v) is 7.39. The highest BCUT2D eigenvalue weighted by atomic mass is 16.6. The lowest BCUT2D eigenvalue weighted by atomic mass is 9.95. The molecule has 0 aliphatic rings. The maximum Gasteiger partial charge on any atom is 0.333 e. The lowest BCUT2D eigenvalue weighted by Gasteiger charge is -2.15. The van der Waals surface area contributed by atoms with Gasteiger partial charge < -0.3 is 19.3 Å². The fraction of sp³-hybridized carbons (Fsp3) is 0.222. The van der Waals surface area contributed by atoms with Crippen molar-refractivity contribution in [3.63, 3.8) is 0 Å². The summed E-state index contributed by atoms with van der Waals surface area (Å²) in [7, 11) is 0. The molecule has 0 amide bonds. The van der Waals surface area contributed by atoms with Gasteiger partial charge in [0, 0.05) is 5.57 Å². The van der Waals surface area contributed by atoms with E-state index in [1.807, 2.05) is 36.4 Å². The van der Waals surface area contributed by atoms with Crippen LogP contribution in [0.2, 0.25) is 0 Å². The molecule has 0 saturated heterocycles. The van der Waals surface area contributed by atoms with Gasteiger partial charge in [-0.1, -0.05) is 61.2 Å². The average Bonchev–Trinajstić information content (AvgIpc) is 2.81. The molecule has 5 nitrogen and oxygen atoms in total. The Bertz CT molecular complexity index is 1070. The number of aryl methyl sites for hydroxylation is 1. The molecule has 166 valence electrons. The van der Waals surface area contributed by atoms with Crippen LogP contribution in [0.15, 0.2) is 78.9 Å². The highest BCUT2D eigenvalue weighted by molar-refractivity contribution is 5.86. The maximum absolute atomic E-state index is 11.5. The van der Waals surface area contributed by atoms with Crippen LogP contribution in [0, 0.1) is 6.92 Å². The van der Waals surface area contributed by atoms with Crippen LogP contribution in [0.25, 0.3) is 22.3 Å². The lowest BCUT2D eigenvalue weighted by molar-refractivity contribution is -0.139. The molecule has 5 heteroatoms. The van der Waals surface area contributed by atoms with Crippen LogP contribution >= 0.6 is 0 Å². The molecule has 0 aromatic heterocycles. The van der Waals surface area contributed by atoms with Crippen molar-refractivity contribution in [1.29, 1.82) is 0 Å². The number of ether oxygens (including phenoxy) is 3. The topological polar surface area (TPSA) is 65.0 Å². The molecular formula is C27H28O5. The summed E-state index contributed by atoms with van der Waals surface area (Å²) >= 11 is 0. The molecule has 0 fully saturated rings. The summed E-state index contributed by atoms with van der Waals surface area (Å²) in [5, 5.41) is 9.10. The Morgan fingerprint density at radius 1 is 0.844 bits per heavy atom. The van der Waals surface area contributed by atoms with E-state index in [9.17, 15) is 4.79 Å². The number of hydrogen-bond donors (Lipinski definition) is 1. The standard InChI is InChI=1S/C27H28O5/c1-19(2)27(29)32-16-15-31-26-18-23(10-12-25(26)30-14-13-28)24-11-9-22(17-20(24)3)21-7-5-4-6-8-21/h4-12,17-18,28H,1,13-16H2,2-3H3. The van der Waals surface area contributed by atoms with Crippen molar-refractivity contribution >= 4 is 5.97 Å². The quantitative estimate of drug-likeness (QED) is 0.271. The molecule has 32 heavy (non-hydrogen) atoms. The first kappa shape index (κ1) is 23.1. The van der Waals surface area contributed by atoms with Crippen LogP contribution < -0.4 is 9.47 Å². The van der Waals surface area contributed by atoms with E-state index >= 15 is 0 Å². The Labute approximate surface area is 188 Å². The van der Waals surface area contributed by atoms with Crippen LogP contribution in [-0.2, 0) is 9.53 Å².